The van der Waals surface area contributed by atoms with Crippen LogP contribution in [0.2, 0.25) is 10.0 Å². The van der Waals surface area contributed by atoms with Gasteiger partial charge in [0.15, 0.2) is 0 Å². The Labute approximate surface area is 109 Å². The minimum atomic E-state index is 0.0421. The van der Waals surface area contributed by atoms with Gasteiger partial charge < -0.3 is 10.5 Å². The number of fused-ring (bicyclic) bond motifs is 1. The van der Waals surface area contributed by atoms with Crippen LogP contribution in [0.3, 0.4) is 0 Å². The van der Waals surface area contributed by atoms with Crippen molar-refractivity contribution in [2.75, 3.05) is 13.1 Å². The molecule has 3 atom stereocenters. The molecule has 1 aromatic rings. The third-order valence-corrected chi connectivity index (χ3v) is 4.79. The second-order valence-corrected chi connectivity index (χ2v) is 5.51. The Balaban J connectivity index is 2.00. The predicted molar refractivity (Wildman–Crippen MR) is 68.3 cm³/mol. The van der Waals surface area contributed by atoms with Crippen LogP contribution in [0.5, 0.6) is 0 Å². The molecular formula is C12H12Cl2N2O. The molecule has 2 N–H and O–H groups in total. The maximum atomic E-state index is 8.69. The molecule has 1 heterocycles. The summed E-state index contributed by atoms with van der Waals surface area (Å²) in [6.07, 6.45) is 1.63. The zero-order valence-electron chi connectivity index (χ0n) is 9.03. The molecule has 2 fully saturated rings. The van der Waals surface area contributed by atoms with E-state index in [9.17, 15) is 0 Å². The molecule has 0 aromatic heterocycles. The highest BCUT2D eigenvalue weighted by atomic mass is 35.5. The lowest BCUT2D eigenvalue weighted by Crippen LogP contribution is -2.23. The number of halogens is 2. The normalized spacial score (nSPS) is 35.2. The SMILES string of the molecule is ON=CC1C2CNCC12c1ccc(Cl)c(Cl)c1. The van der Waals surface area contributed by atoms with Gasteiger partial charge in [-0.1, -0.05) is 29.3 Å². The van der Waals surface area contributed by atoms with Gasteiger partial charge in [0.1, 0.15) is 0 Å². The van der Waals surface area contributed by atoms with E-state index < -0.39 is 0 Å². The largest absolute Gasteiger partial charge is 0.411 e. The molecule has 5 heteroatoms. The third-order valence-electron chi connectivity index (χ3n) is 4.05. The predicted octanol–water partition coefficient (Wildman–Crippen LogP) is 2.54. The van der Waals surface area contributed by atoms with Crippen molar-refractivity contribution in [2.24, 2.45) is 17.0 Å². The molecule has 3 rings (SSSR count). The van der Waals surface area contributed by atoms with Gasteiger partial charge >= 0.3 is 0 Å². The smallest absolute Gasteiger partial charge is 0.0595 e. The summed E-state index contributed by atoms with van der Waals surface area (Å²) in [6.45, 7) is 1.85. The Morgan fingerprint density at radius 2 is 2.24 bits per heavy atom. The Bertz CT molecular complexity index is 491. The van der Waals surface area contributed by atoms with E-state index >= 15 is 0 Å². The topological polar surface area (TPSA) is 44.6 Å². The van der Waals surface area contributed by atoms with Crippen molar-refractivity contribution in [3.05, 3.63) is 33.8 Å². The number of piperidine rings is 1. The van der Waals surface area contributed by atoms with Crippen molar-refractivity contribution in [1.29, 1.82) is 0 Å². The van der Waals surface area contributed by atoms with Crippen LogP contribution in [0.1, 0.15) is 5.56 Å². The van der Waals surface area contributed by atoms with Gasteiger partial charge in [0, 0.05) is 24.1 Å². The van der Waals surface area contributed by atoms with Crippen LogP contribution >= 0.6 is 23.2 Å². The number of benzene rings is 1. The number of nitrogens with zero attached hydrogens (tertiary/aromatic N) is 1. The minimum absolute atomic E-state index is 0.0421. The molecule has 1 aromatic carbocycles. The molecule has 0 bridgehead atoms. The van der Waals surface area contributed by atoms with Crippen molar-refractivity contribution >= 4 is 29.4 Å². The summed E-state index contributed by atoms with van der Waals surface area (Å²) in [5, 5.41) is 16.4. The average molecular weight is 271 g/mol. The number of hydrogen-bond acceptors (Lipinski definition) is 3. The van der Waals surface area contributed by atoms with Crippen LogP contribution in [0, 0.1) is 11.8 Å². The summed E-state index contributed by atoms with van der Waals surface area (Å²) in [7, 11) is 0. The van der Waals surface area contributed by atoms with E-state index in [0.717, 1.165) is 13.1 Å². The number of hydrogen-bond donors (Lipinski definition) is 2. The summed E-state index contributed by atoms with van der Waals surface area (Å²) in [5.41, 5.74) is 1.22. The summed E-state index contributed by atoms with van der Waals surface area (Å²) < 4.78 is 0. The van der Waals surface area contributed by atoms with Gasteiger partial charge in [0.2, 0.25) is 0 Å². The van der Waals surface area contributed by atoms with Gasteiger partial charge in [-0.15, -0.1) is 5.16 Å². The van der Waals surface area contributed by atoms with Crippen molar-refractivity contribution in [3.8, 4) is 0 Å². The fourth-order valence-electron chi connectivity index (χ4n) is 3.15. The highest BCUT2D eigenvalue weighted by Gasteiger charge is 2.67. The lowest BCUT2D eigenvalue weighted by molar-refractivity contribution is 0.319. The Morgan fingerprint density at radius 1 is 1.41 bits per heavy atom. The molecule has 2 aliphatic rings. The highest BCUT2D eigenvalue weighted by molar-refractivity contribution is 6.42. The molecule has 1 aliphatic carbocycles. The maximum Gasteiger partial charge on any atom is 0.0595 e. The monoisotopic (exact) mass is 270 g/mol. The summed E-state index contributed by atoms with van der Waals surface area (Å²) >= 11 is 12.0. The third kappa shape index (κ3) is 1.49. The second kappa shape index (κ2) is 3.87. The first kappa shape index (κ1) is 11.3. The number of oxime groups is 1. The van der Waals surface area contributed by atoms with Crippen LogP contribution in [0.4, 0.5) is 0 Å². The Kier molecular flexibility index (Phi) is 2.58. The number of nitrogens with one attached hydrogen (secondary N) is 1. The van der Waals surface area contributed by atoms with Gasteiger partial charge in [-0.2, -0.15) is 0 Å². The molecular weight excluding hydrogens is 259 g/mol. The van der Waals surface area contributed by atoms with Crippen molar-refractivity contribution in [2.45, 2.75) is 5.41 Å². The van der Waals surface area contributed by atoms with Crippen LogP contribution in [0.25, 0.3) is 0 Å². The molecule has 3 nitrogen and oxygen atoms in total. The zero-order valence-corrected chi connectivity index (χ0v) is 10.5. The highest BCUT2D eigenvalue weighted by Crippen LogP contribution is 2.61. The van der Waals surface area contributed by atoms with Gasteiger partial charge in [-0.05, 0) is 30.2 Å². The lowest BCUT2D eigenvalue weighted by atomic mass is 9.93. The number of rotatable bonds is 2. The first-order valence-corrected chi connectivity index (χ1v) is 6.29. The van der Waals surface area contributed by atoms with E-state index in [2.05, 4.69) is 10.5 Å². The van der Waals surface area contributed by atoms with E-state index in [1.165, 1.54) is 5.56 Å². The quantitative estimate of drug-likeness (QED) is 0.493. The van der Waals surface area contributed by atoms with Gasteiger partial charge in [-0.25, -0.2) is 0 Å². The Morgan fingerprint density at radius 3 is 2.94 bits per heavy atom. The lowest BCUT2D eigenvalue weighted by Gasteiger charge is -2.14. The van der Waals surface area contributed by atoms with Gasteiger partial charge in [-0.3, -0.25) is 0 Å². The summed E-state index contributed by atoms with van der Waals surface area (Å²) in [6, 6.07) is 5.77. The van der Waals surface area contributed by atoms with Crippen LogP contribution in [-0.2, 0) is 5.41 Å². The fourth-order valence-corrected chi connectivity index (χ4v) is 3.44. The van der Waals surface area contributed by atoms with Gasteiger partial charge in [0.05, 0.1) is 10.0 Å². The maximum absolute atomic E-state index is 8.69. The van der Waals surface area contributed by atoms with Crippen molar-refractivity contribution in [1.82, 2.24) is 5.32 Å². The van der Waals surface area contributed by atoms with E-state index in [4.69, 9.17) is 28.4 Å². The minimum Gasteiger partial charge on any atom is -0.411 e. The zero-order chi connectivity index (χ0) is 12.0. The van der Waals surface area contributed by atoms with Crippen LogP contribution in [-0.4, -0.2) is 24.5 Å². The Hall–Kier alpha value is -0.770. The molecule has 0 spiro atoms. The van der Waals surface area contributed by atoms with E-state index in [0.29, 0.717) is 21.9 Å². The van der Waals surface area contributed by atoms with Crippen molar-refractivity contribution in [3.63, 3.8) is 0 Å². The first-order valence-electron chi connectivity index (χ1n) is 5.54. The van der Waals surface area contributed by atoms with Crippen molar-refractivity contribution < 1.29 is 5.21 Å². The standard InChI is InChI=1S/C12H12Cl2N2O/c13-10-2-1-7(3-11(10)14)12-6-15-4-8(12)9(12)5-16-17/h1-3,5,8-9,15,17H,4,6H2. The molecule has 1 saturated heterocycles. The summed E-state index contributed by atoms with van der Waals surface area (Å²) in [4.78, 5) is 0. The van der Waals surface area contributed by atoms with E-state index in [-0.39, 0.29) is 5.41 Å². The molecule has 1 saturated carbocycles. The van der Waals surface area contributed by atoms with Crippen LogP contribution < -0.4 is 5.32 Å². The molecule has 17 heavy (non-hydrogen) atoms. The van der Waals surface area contributed by atoms with E-state index in [1.54, 1.807) is 6.21 Å². The fraction of sp³-hybridized carbons (Fsp3) is 0.417. The average Bonchev–Trinajstić information content (AvgIpc) is 2.72. The summed E-state index contributed by atoms with van der Waals surface area (Å²) in [5.74, 6) is 0.793. The molecule has 1 aliphatic heterocycles. The second-order valence-electron chi connectivity index (χ2n) is 4.70. The first-order chi connectivity index (χ1) is 8.20. The molecule has 0 radical (unpaired) electrons. The molecule has 0 amide bonds. The molecule has 90 valence electrons. The van der Waals surface area contributed by atoms with Crippen LogP contribution in [0.15, 0.2) is 23.4 Å². The van der Waals surface area contributed by atoms with E-state index in [1.807, 2.05) is 18.2 Å². The van der Waals surface area contributed by atoms with Gasteiger partial charge in [0.25, 0.3) is 0 Å². The molecule has 3 unspecified atom stereocenters.